The van der Waals surface area contributed by atoms with Crippen molar-refractivity contribution < 1.29 is 0 Å². The number of alkyl halides is 1. The van der Waals surface area contributed by atoms with Crippen LogP contribution in [0.3, 0.4) is 0 Å². The first-order valence-corrected chi connectivity index (χ1v) is 6.67. The van der Waals surface area contributed by atoms with Crippen molar-refractivity contribution in [2.75, 3.05) is 11.2 Å². The molecular weight excluding hydrogens is 234 g/mol. The topological polar surface area (TPSA) is 40.7 Å². The molecule has 0 saturated heterocycles. The lowest BCUT2D eigenvalue weighted by Gasteiger charge is -2.17. The molecule has 0 amide bonds. The molecule has 3 nitrogen and oxygen atoms in total. The van der Waals surface area contributed by atoms with Gasteiger partial charge in [0.1, 0.15) is 0 Å². The maximum Gasteiger partial charge on any atom is 0.201 e. The first-order chi connectivity index (χ1) is 8.36. The molecular formula is C13H16ClN3. The summed E-state index contributed by atoms with van der Waals surface area (Å²) >= 11 is 5.98. The van der Waals surface area contributed by atoms with E-state index in [1.807, 2.05) is 24.3 Å². The normalized spacial score (nSPS) is 24.3. The number of benzene rings is 1. The molecule has 0 radical (unpaired) electrons. The number of nitrogens with zero attached hydrogens (tertiary/aromatic N) is 1. The van der Waals surface area contributed by atoms with Crippen LogP contribution < -0.4 is 5.32 Å². The molecule has 2 N–H and O–H groups in total. The number of nitrogens with one attached hydrogen (secondary N) is 2. The summed E-state index contributed by atoms with van der Waals surface area (Å²) in [6.45, 7) is 0. The fourth-order valence-corrected chi connectivity index (χ4v) is 2.98. The minimum Gasteiger partial charge on any atom is -0.353 e. The van der Waals surface area contributed by atoms with Crippen LogP contribution in [0, 0.1) is 5.92 Å². The lowest BCUT2D eigenvalue weighted by Crippen LogP contribution is -2.25. The molecule has 1 heterocycles. The number of para-hydroxylation sites is 2. The van der Waals surface area contributed by atoms with Gasteiger partial charge >= 0.3 is 0 Å². The van der Waals surface area contributed by atoms with Gasteiger partial charge in [0.25, 0.3) is 0 Å². The van der Waals surface area contributed by atoms with Crippen molar-refractivity contribution in [1.82, 2.24) is 9.97 Å². The first-order valence-electron chi connectivity index (χ1n) is 6.14. The van der Waals surface area contributed by atoms with E-state index in [4.69, 9.17) is 11.6 Å². The van der Waals surface area contributed by atoms with Crippen LogP contribution in [0.2, 0.25) is 0 Å². The number of halogens is 1. The van der Waals surface area contributed by atoms with Crippen molar-refractivity contribution in [2.45, 2.75) is 25.3 Å². The number of aromatic nitrogens is 2. The van der Waals surface area contributed by atoms with Crippen molar-refractivity contribution >= 4 is 28.6 Å². The number of H-pyrrole nitrogens is 1. The molecule has 2 aromatic rings. The van der Waals surface area contributed by atoms with E-state index in [9.17, 15) is 0 Å². The van der Waals surface area contributed by atoms with Crippen LogP contribution in [0.15, 0.2) is 24.3 Å². The smallest absolute Gasteiger partial charge is 0.201 e. The number of fused-ring (bicyclic) bond motifs is 1. The van der Waals surface area contributed by atoms with E-state index < -0.39 is 0 Å². The van der Waals surface area contributed by atoms with Gasteiger partial charge in [-0.2, -0.15) is 0 Å². The Bertz CT molecular complexity index is 475. The van der Waals surface area contributed by atoms with Gasteiger partial charge in [-0.1, -0.05) is 18.6 Å². The Morgan fingerprint density at radius 3 is 3.06 bits per heavy atom. The zero-order chi connectivity index (χ0) is 11.7. The van der Waals surface area contributed by atoms with Gasteiger partial charge in [-0.05, 0) is 30.9 Å². The molecule has 17 heavy (non-hydrogen) atoms. The highest BCUT2D eigenvalue weighted by Crippen LogP contribution is 2.29. The van der Waals surface area contributed by atoms with E-state index in [0.717, 1.165) is 22.9 Å². The Labute approximate surface area is 106 Å². The van der Waals surface area contributed by atoms with Crippen LogP contribution in [0.1, 0.15) is 19.3 Å². The summed E-state index contributed by atoms with van der Waals surface area (Å²) in [5, 5.41) is 3.48. The van der Waals surface area contributed by atoms with Crippen molar-refractivity contribution in [3.8, 4) is 0 Å². The lowest BCUT2D eigenvalue weighted by molar-refractivity contribution is 0.560. The number of imidazole rings is 1. The number of hydrogen-bond donors (Lipinski definition) is 2. The van der Waals surface area contributed by atoms with E-state index in [1.54, 1.807) is 0 Å². The molecule has 2 unspecified atom stereocenters. The molecule has 0 aliphatic heterocycles. The average molecular weight is 250 g/mol. The zero-order valence-electron chi connectivity index (χ0n) is 9.62. The van der Waals surface area contributed by atoms with Gasteiger partial charge in [0.15, 0.2) is 0 Å². The van der Waals surface area contributed by atoms with Gasteiger partial charge in [0.2, 0.25) is 5.95 Å². The molecule has 0 bridgehead atoms. The molecule has 90 valence electrons. The van der Waals surface area contributed by atoms with E-state index in [2.05, 4.69) is 15.3 Å². The number of aromatic amines is 1. The SMILES string of the molecule is ClCC1CCCC1Nc1nc2ccccc2[nH]1. The van der Waals surface area contributed by atoms with Gasteiger partial charge in [0, 0.05) is 11.9 Å². The minimum absolute atomic E-state index is 0.466. The fraction of sp³-hybridized carbons (Fsp3) is 0.462. The van der Waals surface area contributed by atoms with Crippen molar-refractivity contribution in [3.05, 3.63) is 24.3 Å². The monoisotopic (exact) mass is 249 g/mol. The first kappa shape index (κ1) is 10.9. The molecule has 0 spiro atoms. The Morgan fingerprint density at radius 2 is 2.24 bits per heavy atom. The zero-order valence-corrected chi connectivity index (χ0v) is 10.4. The van der Waals surface area contributed by atoms with Crippen LogP contribution in [0.4, 0.5) is 5.95 Å². The summed E-state index contributed by atoms with van der Waals surface area (Å²) in [5.74, 6) is 2.18. The summed E-state index contributed by atoms with van der Waals surface area (Å²) < 4.78 is 0. The number of anilines is 1. The van der Waals surface area contributed by atoms with Gasteiger partial charge in [0.05, 0.1) is 11.0 Å². The van der Waals surface area contributed by atoms with Gasteiger partial charge in [-0.15, -0.1) is 11.6 Å². The summed E-state index contributed by atoms with van der Waals surface area (Å²) in [6.07, 6.45) is 3.67. The van der Waals surface area contributed by atoms with Gasteiger partial charge < -0.3 is 10.3 Å². The Kier molecular flexibility index (Phi) is 2.93. The second-order valence-corrected chi connectivity index (χ2v) is 5.01. The standard InChI is InChI=1S/C13H16ClN3/c14-8-9-4-3-7-10(9)15-13-16-11-5-1-2-6-12(11)17-13/h1-2,5-6,9-10H,3-4,7-8H2,(H2,15,16,17). The molecule has 1 aliphatic rings. The quantitative estimate of drug-likeness (QED) is 0.819. The number of hydrogen-bond acceptors (Lipinski definition) is 2. The molecule has 3 rings (SSSR count). The van der Waals surface area contributed by atoms with Crippen molar-refractivity contribution in [2.24, 2.45) is 5.92 Å². The summed E-state index contributed by atoms with van der Waals surface area (Å²) in [6, 6.07) is 8.55. The van der Waals surface area contributed by atoms with Crippen LogP contribution >= 0.6 is 11.6 Å². The highest BCUT2D eigenvalue weighted by Gasteiger charge is 2.26. The molecule has 1 aromatic heterocycles. The molecule has 1 aromatic carbocycles. The Morgan fingerprint density at radius 1 is 1.35 bits per heavy atom. The highest BCUT2D eigenvalue weighted by molar-refractivity contribution is 6.18. The van der Waals surface area contributed by atoms with E-state index in [1.165, 1.54) is 19.3 Å². The van der Waals surface area contributed by atoms with Crippen LogP contribution in [-0.4, -0.2) is 21.9 Å². The van der Waals surface area contributed by atoms with Crippen LogP contribution in [-0.2, 0) is 0 Å². The number of rotatable bonds is 3. The second kappa shape index (κ2) is 4.57. The molecule has 4 heteroatoms. The minimum atomic E-state index is 0.466. The third kappa shape index (κ3) is 2.12. The fourth-order valence-electron chi connectivity index (χ4n) is 2.61. The molecule has 1 saturated carbocycles. The Balaban J connectivity index is 1.80. The van der Waals surface area contributed by atoms with E-state index in [-0.39, 0.29) is 0 Å². The predicted molar refractivity (Wildman–Crippen MR) is 71.6 cm³/mol. The van der Waals surface area contributed by atoms with E-state index in [0.29, 0.717) is 12.0 Å². The summed E-state index contributed by atoms with van der Waals surface area (Å²) in [5.41, 5.74) is 2.09. The van der Waals surface area contributed by atoms with Gasteiger partial charge in [-0.3, -0.25) is 0 Å². The second-order valence-electron chi connectivity index (χ2n) is 4.70. The average Bonchev–Trinajstić information content (AvgIpc) is 2.94. The molecule has 1 fully saturated rings. The third-order valence-corrected chi connectivity index (χ3v) is 3.97. The van der Waals surface area contributed by atoms with Crippen molar-refractivity contribution in [3.63, 3.8) is 0 Å². The van der Waals surface area contributed by atoms with Gasteiger partial charge in [-0.25, -0.2) is 4.98 Å². The summed E-state index contributed by atoms with van der Waals surface area (Å²) in [4.78, 5) is 7.84. The Hall–Kier alpha value is -1.22. The highest BCUT2D eigenvalue weighted by atomic mass is 35.5. The van der Waals surface area contributed by atoms with Crippen LogP contribution in [0.25, 0.3) is 11.0 Å². The molecule has 1 aliphatic carbocycles. The maximum atomic E-state index is 5.98. The third-order valence-electron chi connectivity index (χ3n) is 3.57. The maximum absolute atomic E-state index is 5.98. The molecule has 2 atom stereocenters. The van der Waals surface area contributed by atoms with Crippen molar-refractivity contribution in [1.29, 1.82) is 0 Å². The van der Waals surface area contributed by atoms with E-state index >= 15 is 0 Å². The van der Waals surface area contributed by atoms with Crippen LogP contribution in [0.5, 0.6) is 0 Å². The largest absolute Gasteiger partial charge is 0.353 e. The summed E-state index contributed by atoms with van der Waals surface area (Å²) in [7, 11) is 0. The lowest BCUT2D eigenvalue weighted by atomic mass is 10.1. The predicted octanol–water partition coefficient (Wildman–Crippen LogP) is 3.38.